The molecule has 7 nitrogen and oxygen atoms in total. The van der Waals surface area contributed by atoms with E-state index < -0.39 is 40.0 Å². The summed E-state index contributed by atoms with van der Waals surface area (Å²) in [6.07, 6.45) is 49.9. The van der Waals surface area contributed by atoms with Gasteiger partial charge in [0.15, 0.2) is 0 Å². The third kappa shape index (κ3) is 41.2. The summed E-state index contributed by atoms with van der Waals surface area (Å²) in [7, 11) is -4.44. The van der Waals surface area contributed by atoms with Crippen molar-refractivity contribution in [3.8, 4) is 0 Å². The Morgan fingerprint density at radius 2 is 0.768 bits per heavy atom. The van der Waals surface area contributed by atoms with Crippen LogP contribution in [0.2, 0.25) is 0 Å². The molecular formula is C48H95NO6S. The summed E-state index contributed by atoms with van der Waals surface area (Å²) >= 11 is 0. The highest BCUT2D eigenvalue weighted by Crippen LogP contribution is 2.17. The van der Waals surface area contributed by atoms with E-state index in [0.717, 1.165) is 38.5 Å². The molecule has 0 spiro atoms. The van der Waals surface area contributed by atoms with Gasteiger partial charge >= 0.3 is 0 Å². The number of nitrogens with one attached hydrogen (secondary N) is 1. The molecule has 3 atom stereocenters. The number of carbonyl (C=O) groups excluding carboxylic acids is 1. The molecule has 0 aromatic heterocycles. The van der Waals surface area contributed by atoms with Crippen molar-refractivity contribution in [3.63, 3.8) is 0 Å². The van der Waals surface area contributed by atoms with Crippen LogP contribution in [0.5, 0.6) is 0 Å². The lowest BCUT2D eigenvalue weighted by Gasteiger charge is -2.22. The summed E-state index contributed by atoms with van der Waals surface area (Å²) in [5.74, 6) is -1.52. The zero-order chi connectivity index (χ0) is 41.2. The van der Waals surface area contributed by atoms with Crippen molar-refractivity contribution in [1.29, 1.82) is 0 Å². The fourth-order valence-electron chi connectivity index (χ4n) is 7.81. The van der Waals surface area contributed by atoms with Gasteiger partial charge in [-0.1, -0.05) is 257 Å². The van der Waals surface area contributed by atoms with Crippen molar-refractivity contribution in [2.24, 2.45) is 0 Å². The summed E-state index contributed by atoms with van der Waals surface area (Å²) in [4.78, 5) is 12.7. The maximum absolute atomic E-state index is 12.7. The van der Waals surface area contributed by atoms with Gasteiger partial charge in [-0.2, -0.15) is 8.42 Å². The number of amides is 1. The summed E-state index contributed by atoms with van der Waals surface area (Å²) in [5.41, 5.74) is 0. The number of hydrogen-bond acceptors (Lipinski definition) is 5. The largest absolute Gasteiger partial charge is 0.387 e. The Kier molecular flexibility index (Phi) is 41.5. The zero-order valence-electron chi connectivity index (χ0n) is 37.1. The molecule has 4 N–H and O–H groups in total. The van der Waals surface area contributed by atoms with Crippen LogP contribution in [0.25, 0.3) is 0 Å². The predicted octanol–water partition coefficient (Wildman–Crippen LogP) is 13.9. The highest BCUT2D eigenvalue weighted by molar-refractivity contribution is 7.85. The van der Waals surface area contributed by atoms with Gasteiger partial charge in [0.1, 0.15) is 6.10 Å². The monoisotopic (exact) mass is 814 g/mol. The highest BCUT2D eigenvalue weighted by Gasteiger charge is 2.27. The van der Waals surface area contributed by atoms with Crippen molar-refractivity contribution in [2.75, 3.05) is 5.75 Å². The van der Waals surface area contributed by atoms with Crippen molar-refractivity contribution in [2.45, 2.75) is 283 Å². The average molecular weight is 814 g/mol. The molecule has 0 heterocycles. The SMILES string of the molecule is CCCCCCCCCCCCCCCCCCC/C=C/C(O)C(CS(=O)(=O)O)NC(=O)C(O)CCCCCCCCCCCCCCCCCCCCCC. The molecule has 3 unspecified atom stereocenters. The summed E-state index contributed by atoms with van der Waals surface area (Å²) in [6, 6.07) is -1.23. The fraction of sp³-hybridized carbons (Fsp3) is 0.938. The Morgan fingerprint density at radius 3 is 1.07 bits per heavy atom. The maximum Gasteiger partial charge on any atom is 0.267 e. The lowest BCUT2D eigenvalue weighted by molar-refractivity contribution is -0.130. The second-order valence-corrected chi connectivity index (χ2v) is 18.7. The number of unbranched alkanes of at least 4 members (excludes halogenated alkanes) is 36. The molecule has 1 amide bonds. The maximum atomic E-state index is 12.7. The normalized spacial score (nSPS) is 13.7. The molecule has 0 aliphatic rings. The molecule has 0 aliphatic heterocycles. The fourth-order valence-corrected chi connectivity index (χ4v) is 8.55. The second-order valence-electron chi connectivity index (χ2n) is 17.2. The molecule has 0 saturated carbocycles. The van der Waals surface area contributed by atoms with Gasteiger partial charge < -0.3 is 15.5 Å². The van der Waals surface area contributed by atoms with Crippen molar-refractivity contribution in [1.82, 2.24) is 5.32 Å². The van der Waals surface area contributed by atoms with Crippen LogP contribution in [0.1, 0.15) is 264 Å². The van der Waals surface area contributed by atoms with E-state index in [9.17, 15) is 28.0 Å². The Balaban J connectivity index is 3.89. The van der Waals surface area contributed by atoms with E-state index >= 15 is 0 Å². The van der Waals surface area contributed by atoms with Gasteiger partial charge in [0.25, 0.3) is 10.1 Å². The van der Waals surface area contributed by atoms with Gasteiger partial charge in [0, 0.05) is 0 Å². The summed E-state index contributed by atoms with van der Waals surface area (Å²) in [6.45, 7) is 4.54. The minimum absolute atomic E-state index is 0.286. The van der Waals surface area contributed by atoms with E-state index in [1.165, 1.54) is 205 Å². The first-order valence-corrected chi connectivity index (χ1v) is 26.1. The van der Waals surface area contributed by atoms with Crippen molar-refractivity contribution < 1.29 is 28.0 Å². The molecule has 8 heteroatoms. The van der Waals surface area contributed by atoms with Crippen LogP contribution in [-0.2, 0) is 14.9 Å². The lowest BCUT2D eigenvalue weighted by Crippen LogP contribution is -2.50. The van der Waals surface area contributed by atoms with Gasteiger partial charge in [-0.05, 0) is 19.3 Å². The molecule has 0 aromatic rings. The van der Waals surface area contributed by atoms with Crippen molar-refractivity contribution in [3.05, 3.63) is 12.2 Å². The summed E-state index contributed by atoms with van der Waals surface area (Å²) in [5, 5.41) is 23.5. The number of aliphatic hydroxyl groups is 2. The quantitative estimate of drug-likeness (QED) is 0.0276. The van der Waals surface area contributed by atoms with Gasteiger partial charge in [0.05, 0.1) is 17.9 Å². The number of hydrogen-bond donors (Lipinski definition) is 4. The van der Waals surface area contributed by atoms with E-state index in [1.807, 2.05) is 6.08 Å². The third-order valence-corrected chi connectivity index (χ3v) is 12.4. The van der Waals surface area contributed by atoms with Gasteiger partial charge in [-0.15, -0.1) is 0 Å². The van der Waals surface area contributed by atoms with Crippen molar-refractivity contribution >= 4 is 16.0 Å². The van der Waals surface area contributed by atoms with Gasteiger partial charge in [0.2, 0.25) is 5.91 Å². The van der Waals surface area contributed by atoms with Gasteiger partial charge in [-0.25, -0.2) is 0 Å². The molecular weight excluding hydrogens is 719 g/mol. The van der Waals surface area contributed by atoms with Crippen LogP contribution in [0.15, 0.2) is 12.2 Å². The molecule has 0 fully saturated rings. The van der Waals surface area contributed by atoms with Gasteiger partial charge in [-0.3, -0.25) is 9.35 Å². The van der Waals surface area contributed by atoms with E-state index in [4.69, 9.17) is 0 Å². The first kappa shape index (κ1) is 55.0. The second kappa shape index (κ2) is 42.2. The number of rotatable bonds is 45. The first-order chi connectivity index (χ1) is 27.2. The number of aliphatic hydroxyl groups excluding tert-OH is 2. The lowest BCUT2D eigenvalue weighted by atomic mass is 10.0. The number of allylic oxidation sites excluding steroid dienone is 1. The Bertz CT molecular complexity index is 957. The van der Waals surface area contributed by atoms with E-state index in [-0.39, 0.29) is 6.42 Å². The average Bonchev–Trinajstić information content (AvgIpc) is 3.17. The predicted molar refractivity (Wildman–Crippen MR) is 241 cm³/mol. The standard InChI is InChI=1S/C48H95NO6S/c1-3-5-7-9-11-13-15-17-19-21-23-25-27-29-31-33-35-37-39-41-43-47(51)48(52)49-45(44-56(53,54)55)46(50)42-40-38-36-34-32-30-28-26-24-22-20-18-16-14-12-10-8-6-4-2/h40,42,45-47,50-51H,3-39,41,43-44H2,1-2H3,(H,49,52)(H,53,54,55)/b42-40+. The van der Waals surface area contributed by atoms with Crippen LogP contribution in [0, 0.1) is 0 Å². The molecule has 0 aromatic carbocycles. The van der Waals surface area contributed by atoms with Crippen LogP contribution < -0.4 is 5.32 Å². The molecule has 334 valence electrons. The van der Waals surface area contributed by atoms with Crippen LogP contribution in [-0.4, -0.2) is 53.1 Å². The third-order valence-electron chi connectivity index (χ3n) is 11.6. The molecule has 0 bridgehead atoms. The van der Waals surface area contributed by atoms with E-state index in [1.54, 1.807) is 0 Å². The molecule has 0 rings (SSSR count). The van der Waals surface area contributed by atoms with Crippen LogP contribution in [0.4, 0.5) is 0 Å². The van der Waals surface area contributed by atoms with Crippen LogP contribution in [0.3, 0.4) is 0 Å². The minimum atomic E-state index is -4.44. The summed E-state index contributed by atoms with van der Waals surface area (Å²) < 4.78 is 32.7. The number of carbonyl (C=O) groups is 1. The highest BCUT2D eigenvalue weighted by atomic mass is 32.2. The Hall–Kier alpha value is -0.960. The Morgan fingerprint density at radius 1 is 0.482 bits per heavy atom. The Labute approximate surface area is 348 Å². The molecule has 0 aliphatic carbocycles. The van der Waals surface area contributed by atoms with Crippen LogP contribution >= 0.6 is 0 Å². The first-order valence-electron chi connectivity index (χ1n) is 24.5. The molecule has 0 saturated heterocycles. The minimum Gasteiger partial charge on any atom is -0.387 e. The van der Waals surface area contributed by atoms with E-state index in [2.05, 4.69) is 19.2 Å². The smallest absolute Gasteiger partial charge is 0.267 e. The zero-order valence-corrected chi connectivity index (χ0v) is 38.0. The topological polar surface area (TPSA) is 124 Å². The van der Waals surface area contributed by atoms with E-state index in [0.29, 0.717) is 6.42 Å². The molecule has 56 heavy (non-hydrogen) atoms. The molecule has 0 radical (unpaired) electrons.